The van der Waals surface area contributed by atoms with Gasteiger partial charge in [0.2, 0.25) is 0 Å². The van der Waals surface area contributed by atoms with Crippen molar-refractivity contribution in [2.45, 2.75) is 73.0 Å². The van der Waals surface area contributed by atoms with E-state index in [4.69, 9.17) is 9.47 Å². The average molecular weight is 604 g/mol. The van der Waals surface area contributed by atoms with Gasteiger partial charge in [0.1, 0.15) is 17.9 Å². The van der Waals surface area contributed by atoms with Crippen LogP contribution in [0.3, 0.4) is 0 Å². The van der Waals surface area contributed by atoms with Crippen LogP contribution in [-0.2, 0) is 29.0 Å². The Morgan fingerprint density at radius 1 is 1.20 bits per heavy atom. The molecule has 0 saturated heterocycles. The Bertz CT molecular complexity index is 1410. The number of nitrogens with zero attached hydrogens (tertiary/aromatic N) is 3. The second-order valence-corrected chi connectivity index (χ2v) is 11.2. The fourth-order valence-electron chi connectivity index (χ4n) is 3.46. The van der Waals surface area contributed by atoms with Crippen molar-refractivity contribution in [2.24, 2.45) is 10.4 Å². The second-order valence-electron chi connectivity index (χ2n) is 10.2. The van der Waals surface area contributed by atoms with Crippen LogP contribution in [0.15, 0.2) is 41.7 Å². The molecule has 0 spiro atoms. The number of hydrogen-bond acceptors (Lipinski definition) is 6. The van der Waals surface area contributed by atoms with Gasteiger partial charge in [-0.2, -0.15) is 22.7 Å². The molecule has 40 heavy (non-hydrogen) atoms. The van der Waals surface area contributed by atoms with Crippen molar-refractivity contribution >= 4 is 33.4 Å². The van der Waals surface area contributed by atoms with Gasteiger partial charge >= 0.3 is 12.1 Å². The normalized spacial score (nSPS) is 13.2. The second kappa shape index (κ2) is 13.6. The average Bonchev–Trinajstić information content (AvgIpc) is 3.19. The van der Waals surface area contributed by atoms with Gasteiger partial charge in [-0.05, 0) is 52.3 Å². The number of pyridine rings is 1. The predicted octanol–water partition coefficient (Wildman–Crippen LogP) is 1.86. The molecule has 2 aromatic heterocycles. The van der Waals surface area contributed by atoms with E-state index in [-0.39, 0.29) is 43.0 Å². The topological polar surface area (TPSA) is 94.0 Å². The van der Waals surface area contributed by atoms with Gasteiger partial charge in [0, 0.05) is 12.6 Å². The number of aromatic nitrogens is 2. The first kappa shape index (κ1) is 33.2. The first-order chi connectivity index (χ1) is 18.2. The maximum Gasteiger partial charge on any atom is 0.416 e. The molecular weight excluding hydrogens is 571 g/mol. The number of ether oxygens (including phenoxy) is 2. The van der Waals surface area contributed by atoms with E-state index >= 15 is 0 Å². The maximum atomic E-state index is 13.4. The number of aliphatic hydroxyl groups excluding tert-OH is 1. The quantitative estimate of drug-likeness (QED) is 0.298. The number of alkyl halides is 3. The third-order valence-corrected chi connectivity index (χ3v) is 6.65. The Kier molecular flexibility index (Phi) is 11.3. The Morgan fingerprint density at radius 3 is 2.50 bits per heavy atom. The van der Waals surface area contributed by atoms with E-state index in [1.54, 1.807) is 43.8 Å². The van der Waals surface area contributed by atoms with E-state index in [1.807, 2.05) is 11.5 Å². The number of carbonyl (C=O) groups is 2. The Morgan fingerprint density at radius 2 is 1.90 bits per heavy atom. The lowest BCUT2D eigenvalue weighted by Crippen LogP contribution is -3.00. The summed E-state index contributed by atoms with van der Waals surface area (Å²) in [6.07, 6.45) is -0.408. The van der Waals surface area contributed by atoms with Gasteiger partial charge in [0.05, 0.1) is 27.3 Å². The molecule has 0 bridgehead atoms. The summed E-state index contributed by atoms with van der Waals surface area (Å²) < 4.78 is 55.4. The molecule has 0 aliphatic rings. The summed E-state index contributed by atoms with van der Waals surface area (Å²) >= 11 is 1.22. The summed E-state index contributed by atoms with van der Waals surface area (Å²) in [6.45, 7) is 9.06. The molecule has 1 N–H and O–H groups in total. The minimum Gasteiger partial charge on any atom is -1.00 e. The van der Waals surface area contributed by atoms with Crippen molar-refractivity contribution in [2.75, 3.05) is 6.61 Å². The van der Waals surface area contributed by atoms with E-state index < -0.39 is 29.2 Å². The zero-order valence-corrected chi connectivity index (χ0v) is 24.5. The maximum absolute atomic E-state index is 13.4. The molecule has 0 aliphatic heterocycles. The van der Waals surface area contributed by atoms with E-state index in [1.165, 1.54) is 18.3 Å². The number of halogens is 4. The van der Waals surface area contributed by atoms with Gasteiger partial charge < -0.3 is 31.6 Å². The zero-order chi connectivity index (χ0) is 29.0. The Balaban J connectivity index is 0.00000560. The van der Waals surface area contributed by atoms with Gasteiger partial charge in [-0.1, -0.05) is 24.7 Å². The summed E-state index contributed by atoms with van der Waals surface area (Å²) in [6, 6.07) is 4.40. The van der Waals surface area contributed by atoms with Crippen molar-refractivity contribution in [3.05, 3.63) is 52.6 Å². The van der Waals surface area contributed by atoms with E-state index in [9.17, 15) is 27.9 Å². The summed E-state index contributed by atoms with van der Waals surface area (Å²) in [5.74, 6) is -1.35. The highest BCUT2D eigenvalue weighted by atomic mass is 35.5. The number of hydrogen-bond donors (Lipinski definition) is 1. The van der Waals surface area contributed by atoms with Crippen LogP contribution >= 0.6 is 11.3 Å². The highest BCUT2D eigenvalue weighted by Crippen LogP contribution is 2.33. The number of thiazole rings is 1. The van der Waals surface area contributed by atoms with Crippen LogP contribution in [0.1, 0.15) is 63.4 Å². The number of carbonyl (C=O) groups excluding carboxylic acids is 2. The largest absolute Gasteiger partial charge is 1.00 e. The fourth-order valence-corrected chi connectivity index (χ4v) is 4.48. The minimum atomic E-state index is -4.67. The van der Waals surface area contributed by atoms with Gasteiger partial charge in [-0.3, -0.25) is 9.59 Å². The molecular formula is C27H33ClF3N3O5S. The molecule has 3 aromatic rings. The molecule has 0 unspecified atom stereocenters. The third-order valence-electron chi connectivity index (χ3n) is 5.59. The number of aryl methyl sites for hydroxylation is 1. The first-order valence-electron chi connectivity index (χ1n) is 12.5. The molecule has 2 heterocycles. The lowest BCUT2D eigenvalue weighted by Gasteiger charge is -2.14. The molecule has 3 rings (SSSR count). The molecule has 0 fully saturated rings. The number of fused-ring (bicyclic) bond motifs is 1. The van der Waals surface area contributed by atoms with E-state index in [0.717, 1.165) is 35.2 Å². The van der Waals surface area contributed by atoms with Crippen LogP contribution in [-0.4, -0.2) is 34.3 Å². The van der Waals surface area contributed by atoms with Crippen LogP contribution in [0.25, 0.3) is 10.2 Å². The fraction of sp³-hybridized carbons (Fsp3) is 0.481. The van der Waals surface area contributed by atoms with Crippen molar-refractivity contribution in [1.29, 1.82) is 0 Å². The summed E-state index contributed by atoms with van der Waals surface area (Å²) in [4.78, 5) is 30.0. The summed E-state index contributed by atoms with van der Waals surface area (Å²) in [5, 5.41) is 9.55. The molecule has 1 atom stereocenters. The molecule has 0 saturated carbocycles. The minimum absolute atomic E-state index is 0. The highest BCUT2D eigenvalue weighted by molar-refractivity contribution is 7.16. The van der Waals surface area contributed by atoms with Crippen molar-refractivity contribution in [1.82, 2.24) is 4.57 Å². The SMILES string of the molecule is CCCCn1c(=NC(=O)c2cc(C(F)(F)F)ccc2OC[C@H](C)O)sc2cc[n+](COC(=O)C(C)(C)C)cc21.[Cl-]. The van der Waals surface area contributed by atoms with Gasteiger partial charge in [-0.25, -0.2) is 0 Å². The Hall–Kier alpha value is -2.96. The van der Waals surface area contributed by atoms with Crippen molar-refractivity contribution < 1.29 is 54.3 Å². The lowest BCUT2D eigenvalue weighted by atomic mass is 9.98. The van der Waals surface area contributed by atoms with Gasteiger partial charge in [-0.15, -0.1) is 0 Å². The number of esters is 1. The van der Waals surface area contributed by atoms with Gasteiger partial charge in [0.15, 0.2) is 17.2 Å². The van der Waals surface area contributed by atoms with Crippen LogP contribution in [0.2, 0.25) is 0 Å². The predicted molar refractivity (Wildman–Crippen MR) is 139 cm³/mol. The third kappa shape index (κ3) is 8.52. The standard InChI is InChI=1S/C27H33F3N3O5S.ClH/c1-6-7-11-33-20-14-32(16-38-24(36)26(3,4)5)12-10-22(20)39-25(33)31-23(35)19-13-18(27(28,29)30)8-9-21(19)37-15-17(2)34;/h8-10,12-14,17,34H,6-7,11,15-16H2,1-5H3;1H/q+1;/p-1/t17-;/m0./s1. The molecule has 220 valence electrons. The van der Waals surface area contributed by atoms with Crippen LogP contribution in [0.5, 0.6) is 5.75 Å². The van der Waals surface area contributed by atoms with E-state index in [0.29, 0.717) is 17.4 Å². The van der Waals surface area contributed by atoms with Gasteiger partial charge in [0.25, 0.3) is 12.6 Å². The number of amides is 1. The van der Waals surface area contributed by atoms with E-state index in [2.05, 4.69) is 4.99 Å². The number of unbranched alkanes of at least 4 members (excludes halogenated alkanes) is 1. The molecule has 1 aromatic carbocycles. The Labute approximate surface area is 240 Å². The number of benzene rings is 1. The molecule has 8 nitrogen and oxygen atoms in total. The van der Waals surface area contributed by atoms with Crippen LogP contribution < -0.4 is 26.5 Å². The van der Waals surface area contributed by atoms with Crippen molar-refractivity contribution in [3.63, 3.8) is 0 Å². The highest BCUT2D eigenvalue weighted by Gasteiger charge is 2.32. The molecule has 0 aliphatic carbocycles. The molecule has 1 amide bonds. The van der Waals surface area contributed by atoms with Crippen molar-refractivity contribution in [3.8, 4) is 5.75 Å². The number of rotatable bonds is 9. The molecule has 0 radical (unpaired) electrons. The molecule has 13 heteroatoms. The first-order valence-corrected chi connectivity index (χ1v) is 13.3. The monoisotopic (exact) mass is 603 g/mol. The lowest BCUT2D eigenvalue weighted by molar-refractivity contribution is -0.726. The van der Waals surface area contributed by atoms with Crippen LogP contribution in [0.4, 0.5) is 13.2 Å². The summed E-state index contributed by atoms with van der Waals surface area (Å²) in [7, 11) is 0. The summed E-state index contributed by atoms with van der Waals surface area (Å²) in [5.41, 5.74) is -1.27. The number of aliphatic hydroxyl groups is 1. The van der Waals surface area contributed by atoms with Crippen LogP contribution in [0, 0.1) is 5.41 Å². The zero-order valence-electron chi connectivity index (χ0n) is 22.9. The smallest absolute Gasteiger partial charge is 0.416 e.